The second-order valence-corrected chi connectivity index (χ2v) is 6.67. The van der Waals surface area contributed by atoms with Crippen molar-refractivity contribution in [1.82, 2.24) is 0 Å². The van der Waals surface area contributed by atoms with Crippen molar-refractivity contribution in [2.75, 3.05) is 5.75 Å². The first-order valence-electron chi connectivity index (χ1n) is 8.18. The third-order valence-corrected chi connectivity index (χ3v) is 4.83. The van der Waals surface area contributed by atoms with E-state index in [0.717, 1.165) is 0 Å². The van der Waals surface area contributed by atoms with Gasteiger partial charge < -0.3 is 0 Å². The third-order valence-electron chi connectivity index (χ3n) is 3.73. The lowest BCUT2D eigenvalue weighted by Gasteiger charge is -2.05. The summed E-state index contributed by atoms with van der Waals surface area (Å²) in [6.45, 7) is 2.27. The molecule has 2 aromatic rings. The van der Waals surface area contributed by atoms with E-state index >= 15 is 0 Å². The SMILES string of the molecule is CCCCCCCCSc1ccc(-c2ccccc2)cc1. The summed E-state index contributed by atoms with van der Waals surface area (Å²) in [5.74, 6) is 1.25. The Hall–Kier alpha value is -1.21. The summed E-state index contributed by atoms with van der Waals surface area (Å²) in [6, 6.07) is 19.6. The van der Waals surface area contributed by atoms with Crippen LogP contribution in [0.5, 0.6) is 0 Å². The smallest absolute Gasteiger partial charge is 0.00723 e. The molecule has 0 saturated heterocycles. The lowest BCUT2D eigenvalue weighted by molar-refractivity contribution is 0.627. The van der Waals surface area contributed by atoms with Gasteiger partial charge in [-0.3, -0.25) is 0 Å². The first-order valence-corrected chi connectivity index (χ1v) is 9.17. The molecule has 0 bridgehead atoms. The van der Waals surface area contributed by atoms with Crippen molar-refractivity contribution in [1.29, 1.82) is 0 Å². The number of thioether (sulfide) groups is 1. The summed E-state index contributed by atoms with van der Waals surface area (Å²) >= 11 is 1.99. The molecule has 0 spiro atoms. The molecule has 0 heterocycles. The summed E-state index contributed by atoms with van der Waals surface area (Å²) in [5, 5.41) is 0. The summed E-state index contributed by atoms with van der Waals surface area (Å²) < 4.78 is 0. The average Bonchev–Trinajstić information content (AvgIpc) is 2.55. The number of unbranched alkanes of at least 4 members (excludes halogenated alkanes) is 5. The standard InChI is InChI=1S/C20H26S/c1-2-3-4-5-6-10-17-21-20-15-13-19(14-16-20)18-11-8-7-9-12-18/h7-9,11-16H,2-6,10,17H2,1H3. The predicted octanol–water partition coefficient (Wildman–Crippen LogP) is 6.81. The molecule has 2 aromatic carbocycles. The number of hydrogen-bond donors (Lipinski definition) is 0. The molecule has 0 saturated carbocycles. The van der Waals surface area contributed by atoms with E-state index in [0.29, 0.717) is 0 Å². The van der Waals surface area contributed by atoms with E-state index in [1.54, 1.807) is 0 Å². The second-order valence-electron chi connectivity index (χ2n) is 5.51. The van der Waals surface area contributed by atoms with Gasteiger partial charge in [0.2, 0.25) is 0 Å². The molecule has 0 aliphatic carbocycles. The first kappa shape index (κ1) is 16.2. The Morgan fingerprint density at radius 3 is 2.00 bits per heavy atom. The quantitative estimate of drug-likeness (QED) is 0.362. The van der Waals surface area contributed by atoms with Crippen LogP contribution in [0, 0.1) is 0 Å². The highest BCUT2D eigenvalue weighted by molar-refractivity contribution is 7.99. The minimum absolute atomic E-state index is 1.25. The van der Waals surface area contributed by atoms with E-state index in [1.165, 1.54) is 60.3 Å². The third kappa shape index (κ3) is 5.97. The van der Waals surface area contributed by atoms with Gasteiger partial charge in [0.15, 0.2) is 0 Å². The van der Waals surface area contributed by atoms with Gasteiger partial charge in [0.1, 0.15) is 0 Å². The highest BCUT2D eigenvalue weighted by atomic mass is 32.2. The molecular weight excluding hydrogens is 272 g/mol. The normalized spacial score (nSPS) is 10.7. The fourth-order valence-corrected chi connectivity index (χ4v) is 3.36. The van der Waals surface area contributed by atoms with Crippen LogP contribution >= 0.6 is 11.8 Å². The maximum Gasteiger partial charge on any atom is 0.00723 e. The average molecular weight is 298 g/mol. The molecule has 112 valence electrons. The zero-order chi connectivity index (χ0) is 14.8. The Morgan fingerprint density at radius 2 is 1.29 bits per heavy atom. The molecule has 0 nitrogen and oxygen atoms in total. The summed E-state index contributed by atoms with van der Waals surface area (Å²) in [5.41, 5.74) is 2.60. The molecule has 0 amide bonds. The Balaban J connectivity index is 1.71. The minimum atomic E-state index is 1.25. The Bertz CT molecular complexity index is 487. The van der Waals surface area contributed by atoms with Crippen LogP contribution in [-0.2, 0) is 0 Å². The monoisotopic (exact) mass is 298 g/mol. The highest BCUT2D eigenvalue weighted by Gasteiger charge is 1.98. The van der Waals surface area contributed by atoms with Gasteiger partial charge in [-0.15, -0.1) is 11.8 Å². The fraction of sp³-hybridized carbons (Fsp3) is 0.400. The molecule has 0 atom stereocenters. The summed E-state index contributed by atoms with van der Waals surface area (Å²) in [4.78, 5) is 1.39. The van der Waals surface area contributed by atoms with E-state index in [4.69, 9.17) is 0 Å². The topological polar surface area (TPSA) is 0 Å². The Kier molecular flexibility index (Phi) is 7.45. The maximum absolute atomic E-state index is 2.27. The molecule has 0 aromatic heterocycles. The second kappa shape index (κ2) is 9.68. The zero-order valence-corrected chi connectivity index (χ0v) is 13.9. The summed E-state index contributed by atoms with van der Waals surface area (Å²) in [7, 11) is 0. The maximum atomic E-state index is 2.27. The van der Waals surface area contributed by atoms with Gasteiger partial charge in [-0.2, -0.15) is 0 Å². The van der Waals surface area contributed by atoms with Gasteiger partial charge in [0, 0.05) is 4.90 Å². The largest absolute Gasteiger partial charge is 0.126 e. The molecular formula is C20H26S. The van der Waals surface area contributed by atoms with Crippen molar-refractivity contribution in [2.24, 2.45) is 0 Å². The lowest BCUT2D eigenvalue weighted by Crippen LogP contribution is -1.83. The highest BCUT2D eigenvalue weighted by Crippen LogP contribution is 2.25. The van der Waals surface area contributed by atoms with Gasteiger partial charge in [-0.1, -0.05) is 81.5 Å². The fourth-order valence-electron chi connectivity index (χ4n) is 2.45. The van der Waals surface area contributed by atoms with Crippen LogP contribution in [-0.4, -0.2) is 5.75 Å². The zero-order valence-electron chi connectivity index (χ0n) is 13.1. The van der Waals surface area contributed by atoms with Crippen LogP contribution in [0.2, 0.25) is 0 Å². The van der Waals surface area contributed by atoms with Crippen molar-refractivity contribution in [2.45, 2.75) is 50.3 Å². The van der Waals surface area contributed by atoms with E-state index in [2.05, 4.69) is 61.5 Å². The summed E-state index contributed by atoms with van der Waals surface area (Å²) in [6.07, 6.45) is 8.27. The van der Waals surface area contributed by atoms with E-state index in [1.807, 2.05) is 11.8 Å². The Morgan fingerprint density at radius 1 is 0.667 bits per heavy atom. The molecule has 0 unspecified atom stereocenters. The van der Waals surface area contributed by atoms with Crippen molar-refractivity contribution >= 4 is 11.8 Å². The Labute approximate surface area is 134 Å². The lowest BCUT2D eigenvalue weighted by atomic mass is 10.1. The van der Waals surface area contributed by atoms with E-state index in [9.17, 15) is 0 Å². The molecule has 2 rings (SSSR count). The van der Waals surface area contributed by atoms with Crippen molar-refractivity contribution < 1.29 is 0 Å². The molecule has 0 radical (unpaired) electrons. The molecule has 1 heteroatoms. The van der Waals surface area contributed by atoms with Gasteiger partial charge in [0.25, 0.3) is 0 Å². The van der Waals surface area contributed by atoms with Crippen LogP contribution in [0.1, 0.15) is 45.4 Å². The molecule has 21 heavy (non-hydrogen) atoms. The van der Waals surface area contributed by atoms with E-state index < -0.39 is 0 Å². The van der Waals surface area contributed by atoms with Gasteiger partial charge >= 0.3 is 0 Å². The first-order chi connectivity index (χ1) is 10.4. The van der Waals surface area contributed by atoms with Crippen LogP contribution in [0.15, 0.2) is 59.5 Å². The van der Waals surface area contributed by atoms with Crippen LogP contribution < -0.4 is 0 Å². The van der Waals surface area contributed by atoms with Crippen LogP contribution in [0.4, 0.5) is 0 Å². The van der Waals surface area contributed by atoms with Crippen molar-refractivity contribution in [3.63, 3.8) is 0 Å². The van der Waals surface area contributed by atoms with Gasteiger partial charge in [0.05, 0.1) is 0 Å². The van der Waals surface area contributed by atoms with Crippen LogP contribution in [0.25, 0.3) is 11.1 Å². The number of benzene rings is 2. The van der Waals surface area contributed by atoms with Gasteiger partial charge in [-0.05, 0) is 35.4 Å². The van der Waals surface area contributed by atoms with Gasteiger partial charge in [-0.25, -0.2) is 0 Å². The molecule has 0 aliphatic rings. The number of rotatable bonds is 9. The van der Waals surface area contributed by atoms with E-state index in [-0.39, 0.29) is 0 Å². The van der Waals surface area contributed by atoms with Crippen molar-refractivity contribution in [3.8, 4) is 11.1 Å². The molecule has 0 aliphatic heterocycles. The van der Waals surface area contributed by atoms with Crippen molar-refractivity contribution in [3.05, 3.63) is 54.6 Å². The molecule has 0 N–H and O–H groups in total. The van der Waals surface area contributed by atoms with Crippen LogP contribution in [0.3, 0.4) is 0 Å². The molecule has 0 fully saturated rings. The number of hydrogen-bond acceptors (Lipinski definition) is 1. The minimum Gasteiger partial charge on any atom is -0.126 e. The predicted molar refractivity (Wildman–Crippen MR) is 96.0 cm³/mol.